The predicted molar refractivity (Wildman–Crippen MR) is 123 cm³/mol. The summed E-state index contributed by atoms with van der Waals surface area (Å²) in [6.07, 6.45) is -1.99. The second-order valence-corrected chi connectivity index (χ2v) is 7.50. The van der Waals surface area contributed by atoms with Crippen LogP contribution in [0.2, 0.25) is 0 Å². The quantitative estimate of drug-likeness (QED) is 0.489. The van der Waals surface area contributed by atoms with Crippen molar-refractivity contribution < 1.29 is 34.0 Å². The van der Waals surface area contributed by atoms with Crippen molar-refractivity contribution in [2.75, 3.05) is 41.5 Å². The van der Waals surface area contributed by atoms with E-state index in [1.165, 1.54) is 7.11 Å². The number of aliphatic imine (C=N–C) groups is 1. The van der Waals surface area contributed by atoms with Crippen molar-refractivity contribution in [3.05, 3.63) is 47.0 Å². The molecule has 0 fully saturated rings. The van der Waals surface area contributed by atoms with Gasteiger partial charge >= 0.3 is 0 Å². The van der Waals surface area contributed by atoms with E-state index in [1.54, 1.807) is 33.5 Å². The third kappa shape index (κ3) is 5.37. The van der Waals surface area contributed by atoms with Crippen molar-refractivity contribution >= 4 is 11.6 Å². The zero-order chi connectivity index (χ0) is 24.0. The molecule has 1 amide bonds. The largest absolute Gasteiger partial charge is 0.493 e. The summed E-state index contributed by atoms with van der Waals surface area (Å²) in [6, 6.07) is 9.01. The molecule has 33 heavy (non-hydrogen) atoms. The molecule has 2 unspecified atom stereocenters. The van der Waals surface area contributed by atoms with E-state index >= 15 is 0 Å². The van der Waals surface area contributed by atoms with Gasteiger partial charge in [0, 0.05) is 18.7 Å². The predicted octanol–water partition coefficient (Wildman–Crippen LogP) is 1.15. The summed E-state index contributed by atoms with van der Waals surface area (Å²) in [5, 5.41) is 23.9. The summed E-state index contributed by atoms with van der Waals surface area (Å²) in [6.45, 7) is 0.703. The Morgan fingerprint density at radius 3 is 2.27 bits per heavy atom. The Morgan fingerprint density at radius 1 is 0.970 bits per heavy atom. The molecule has 1 aliphatic rings. The van der Waals surface area contributed by atoms with Crippen LogP contribution in [0.15, 0.2) is 35.3 Å². The summed E-state index contributed by atoms with van der Waals surface area (Å²) in [5.41, 5.74) is 2.70. The summed E-state index contributed by atoms with van der Waals surface area (Å²) in [7, 11) is 6.18. The second-order valence-electron chi connectivity index (χ2n) is 7.50. The lowest BCUT2D eigenvalue weighted by molar-refractivity contribution is -0.132. The fraction of sp³-hybridized carbons (Fsp3) is 0.417. The number of hydrogen-bond acceptors (Lipinski definition) is 8. The van der Waals surface area contributed by atoms with Crippen LogP contribution in [0.1, 0.15) is 16.7 Å². The lowest BCUT2D eigenvalue weighted by Crippen LogP contribution is -2.47. The lowest BCUT2D eigenvalue weighted by atomic mass is 9.92. The molecule has 0 saturated carbocycles. The first kappa shape index (κ1) is 24.3. The number of rotatable bonds is 10. The van der Waals surface area contributed by atoms with E-state index in [-0.39, 0.29) is 12.3 Å². The SMILES string of the molecule is COc1ccc(CCNC(=O)C(O)C(O)C2=NCCc3cc(OC)c(OC)cc32)cc1OC. The highest BCUT2D eigenvalue weighted by Gasteiger charge is 2.32. The fourth-order valence-electron chi connectivity index (χ4n) is 3.76. The van der Waals surface area contributed by atoms with Crippen LogP contribution < -0.4 is 24.3 Å². The molecule has 0 bridgehead atoms. The van der Waals surface area contributed by atoms with Crippen LogP contribution in [0.5, 0.6) is 23.0 Å². The van der Waals surface area contributed by atoms with Gasteiger partial charge in [0.05, 0.1) is 34.2 Å². The van der Waals surface area contributed by atoms with Gasteiger partial charge in [-0.1, -0.05) is 6.07 Å². The van der Waals surface area contributed by atoms with Gasteiger partial charge in [-0.15, -0.1) is 0 Å². The number of methoxy groups -OCH3 is 4. The highest BCUT2D eigenvalue weighted by molar-refractivity contribution is 6.08. The first-order valence-electron chi connectivity index (χ1n) is 10.6. The normalized spacial score (nSPS) is 14.4. The Bertz CT molecular complexity index is 1020. The Hall–Kier alpha value is -3.30. The third-order valence-electron chi connectivity index (χ3n) is 5.56. The van der Waals surface area contributed by atoms with Crippen molar-refractivity contribution in [3.63, 3.8) is 0 Å². The van der Waals surface area contributed by atoms with E-state index in [2.05, 4.69) is 10.3 Å². The topological polar surface area (TPSA) is 119 Å². The van der Waals surface area contributed by atoms with Crippen molar-refractivity contribution in [3.8, 4) is 23.0 Å². The average Bonchev–Trinajstić information content (AvgIpc) is 2.86. The number of benzene rings is 2. The molecule has 9 heteroatoms. The van der Waals surface area contributed by atoms with E-state index in [1.807, 2.05) is 18.2 Å². The molecule has 3 N–H and O–H groups in total. The Kier molecular flexibility index (Phi) is 8.13. The number of fused-ring (bicyclic) bond motifs is 1. The first-order valence-corrected chi connectivity index (χ1v) is 10.6. The van der Waals surface area contributed by atoms with E-state index in [9.17, 15) is 15.0 Å². The minimum Gasteiger partial charge on any atom is -0.493 e. The molecule has 1 aliphatic heterocycles. The van der Waals surface area contributed by atoms with Gasteiger partial charge in [0.2, 0.25) is 0 Å². The highest BCUT2D eigenvalue weighted by atomic mass is 16.5. The number of carbonyl (C=O) groups is 1. The van der Waals surface area contributed by atoms with Crippen LogP contribution in [0.3, 0.4) is 0 Å². The van der Waals surface area contributed by atoms with Crippen LogP contribution in [0.25, 0.3) is 0 Å². The molecule has 178 valence electrons. The van der Waals surface area contributed by atoms with Crippen LogP contribution >= 0.6 is 0 Å². The zero-order valence-corrected chi connectivity index (χ0v) is 19.3. The van der Waals surface area contributed by atoms with Gasteiger partial charge in [-0.2, -0.15) is 0 Å². The van der Waals surface area contributed by atoms with E-state index < -0.39 is 18.1 Å². The monoisotopic (exact) mass is 458 g/mol. The standard InChI is InChI=1S/C24H30N2O7/c1-30-17-6-5-14(11-18(17)31-2)7-9-26-24(29)23(28)22(27)21-16-13-20(33-4)19(32-3)12-15(16)8-10-25-21/h5-6,11-13,22-23,27-28H,7-10H2,1-4H3,(H,26,29). The average molecular weight is 459 g/mol. The van der Waals surface area contributed by atoms with Crippen LogP contribution in [0.4, 0.5) is 0 Å². The van der Waals surface area contributed by atoms with Crippen LogP contribution in [0, 0.1) is 0 Å². The molecule has 2 atom stereocenters. The number of hydrogen-bond donors (Lipinski definition) is 3. The Morgan fingerprint density at radius 2 is 1.61 bits per heavy atom. The smallest absolute Gasteiger partial charge is 0.251 e. The second kappa shape index (κ2) is 11.0. The number of amides is 1. The van der Waals surface area contributed by atoms with Gasteiger partial charge in [-0.3, -0.25) is 9.79 Å². The number of aliphatic hydroxyl groups excluding tert-OH is 2. The van der Waals surface area contributed by atoms with Crippen molar-refractivity contribution in [2.45, 2.75) is 25.0 Å². The number of aliphatic hydroxyl groups is 2. The van der Waals surface area contributed by atoms with Crippen molar-refractivity contribution in [1.29, 1.82) is 0 Å². The molecule has 0 aromatic heterocycles. The highest BCUT2D eigenvalue weighted by Crippen LogP contribution is 2.33. The van der Waals surface area contributed by atoms with E-state index in [0.717, 1.165) is 11.1 Å². The molecular formula is C24H30N2O7. The molecule has 9 nitrogen and oxygen atoms in total. The summed E-state index contributed by atoms with van der Waals surface area (Å²) in [5.74, 6) is 1.58. The molecule has 2 aromatic rings. The van der Waals surface area contributed by atoms with Crippen LogP contribution in [-0.4, -0.2) is 75.6 Å². The Labute approximate surface area is 193 Å². The van der Waals surface area contributed by atoms with Gasteiger partial charge in [-0.25, -0.2) is 0 Å². The summed E-state index contributed by atoms with van der Waals surface area (Å²) >= 11 is 0. The van der Waals surface area contributed by atoms with Crippen LogP contribution in [-0.2, 0) is 17.6 Å². The van der Waals surface area contributed by atoms with Gasteiger partial charge in [0.1, 0.15) is 6.10 Å². The molecule has 0 radical (unpaired) electrons. The maximum absolute atomic E-state index is 12.5. The minimum atomic E-state index is -1.67. The molecule has 3 rings (SSSR count). The Balaban J connectivity index is 1.65. The van der Waals surface area contributed by atoms with Crippen molar-refractivity contribution in [2.24, 2.45) is 4.99 Å². The molecular weight excluding hydrogens is 428 g/mol. The third-order valence-corrected chi connectivity index (χ3v) is 5.56. The van der Waals surface area contributed by atoms with E-state index in [0.29, 0.717) is 47.9 Å². The van der Waals surface area contributed by atoms with Gasteiger partial charge < -0.3 is 34.5 Å². The molecule has 2 aromatic carbocycles. The van der Waals surface area contributed by atoms with Crippen molar-refractivity contribution in [1.82, 2.24) is 5.32 Å². The molecule has 0 aliphatic carbocycles. The van der Waals surface area contributed by atoms with Gasteiger partial charge in [0.15, 0.2) is 29.1 Å². The lowest BCUT2D eigenvalue weighted by Gasteiger charge is -2.25. The zero-order valence-electron chi connectivity index (χ0n) is 19.3. The van der Waals surface area contributed by atoms with E-state index in [4.69, 9.17) is 18.9 Å². The molecule has 1 heterocycles. The molecule has 0 saturated heterocycles. The maximum Gasteiger partial charge on any atom is 0.251 e. The molecule has 0 spiro atoms. The fourth-order valence-corrected chi connectivity index (χ4v) is 3.76. The maximum atomic E-state index is 12.5. The number of nitrogens with zero attached hydrogens (tertiary/aromatic N) is 1. The summed E-state index contributed by atoms with van der Waals surface area (Å²) < 4.78 is 21.2. The van der Waals surface area contributed by atoms with Gasteiger partial charge in [0.25, 0.3) is 5.91 Å². The summed E-state index contributed by atoms with van der Waals surface area (Å²) in [4.78, 5) is 16.9. The van der Waals surface area contributed by atoms with Gasteiger partial charge in [-0.05, 0) is 48.2 Å². The number of ether oxygens (including phenoxy) is 4. The number of nitrogens with one attached hydrogen (secondary N) is 1. The number of carbonyl (C=O) groups excluding carboxylic acids is 1. The minimum absolute atomic E-state index is 0.250. The first-order chi connectivity index (χ1) is 15.9.